The summed E-state index contributed by atoms with van der Waals surface area (Å²) < 4.78 is 37.5. The Morgan fingerprint density at radius 2 is 1.72 bits per heavy atom. The quantitative estimate of drug-likeness (QED) is 0.760. The number of hydrogen-bond donors (Lipinski definition) is 0. The van der Waals surface area contributed by atoms with Crippen molar-refractivity contribution in [3.63, 3.8) is 0 Å². The molecule has 1 fully saturated rings. The zero-order valence-corrected chi connectivity index (χ0v) is 15.9. The van der Waals surface area contributed by atoms with Gasteiger partial charge in [-0.1, -0.05) is 0 Å². The van der Waals surface area contributed by atoms with Crippen LogP contribution in [0, 0.1) is 0 Å². The van der Waals surface area contributed by atoms with E-state index in [0.717, 1.165) is 0 Å². The third-order valence-electron chi connectivity index (χ3n) is 4.16. The first kappa shape index (κ1) is 19.5. The van der Waals surface area contributed by atoms with Crippen molar-refractivity contribution in [2.24, 2.45) is 0 Å². The fourth-order valence-electron chi connectivity index (χ4n) is 2.71. The van der Waals surface area contributed by atoms with Crippen molar-refractivity contribution in [2.75, 3.05) is 54.5 Å². The lowest BCUT2D eigenvalue weighted by Gasteiger charge is -2.24. The predicted molar refractivity (Wildman–Crippen MR) is 94.2 cm³/mol. The van der Waals surface area contributed by atoms with E-state index in [1.807, 2.05) is 0 Å². The van der Waals surface area contributed by atoms with Crippen molar-refractivity contribution >= 4 is 16.1 Å². The van der Waals surface area contributed by atoms with Crippen LogP contribution < -0.4 is 9.47 Å². The number of rotatable bonds is 5. The van der Waals surface area contributed by atoms with E-state index in [1.54, 1.807) is 23.1 Å². The summed E-state index contributed by atoms with van der Waals surface area (Å²) in [4.78, 5) is 14.4. The summed E-state index contributed by atoms with van der Waals surface area (Å²) >= 11 is 0. The van der Waals surface area contributed by atoms with Crippen LogP contribution in [0.25, 0.3) is 0 Å². The summed E-state index contributed by atoms with van der Waals surface area (Å²) in [7, 11) is 2.60. The maximum atomic E-state index is 12.8. The zero-order valence-electron chi connectivity index (χ0n) is 15.1. The van der Waals surface area contributed by atoms with E-state index >= 15 is 0 Å². The molecule has 1 saturated heterocycles. The molecule has 8 nitrogen and oxygen atoms in total. The fourth-order valence-corrected chi connectivity index (χ4v) is 3.84. The molecule has 0 saturated carbocycles. The van der Waals surface area contributed by atoms with Gasteiger partial charge in [-0.2, -0.15) is 17.0 Å². The summed E-state index contributed by atoms with van der Waals surface area (Å²) in [6.45, 7) is 1.53. The Balaban J connectivity index is 2.14. The SMILES string of the molecule is COc1ccc(C(=O)N2CCCN(S(=O)(=O)N(C)C)CC2)cc1OC. The first-order valence-electron chi connectivity index (χ1n) is 8.00. The van der Waals surface area contributed by atoms with Crippen LogP contribution in [0.2, 0.25) is 0 Å². The minimum atomic E-state index is -3.46. The van der Waals surface area contributed by atoms with Crippen molar-refractivity contribution < 1.29 is 22.7 Å². The van der Waals surface area contributed by atoms with Crippen LogP contribution in [0.1, 0.15) is 16.8 Å². The molecule has 1 amide bonds. The smallest absolute Gasteiger partial charge is 0.281 e. The molecule has 0 spiro atoms. The first-order chi connectivity index (χ1) is 11.8. The molecule has 140 valence electrons. The molecular formula is C16H25N3O5S. The van der Waals surface area contributed by atoms with Gasteiger partial charge in [0.25, 0.3) is 16.1 Å². The molecule has 0 aromatic heterocycles. The maximum Gasteiger partial charge on any atom is 0.281 e. The Morgan fingerprint density at radius 1 is 1.04 bits per heavy atom. The Morgan fingerprint density at radius 3 is 2.32 bits per heavy atom. The van der Waals surface area contributed by atoms with Crippen molar-refractivity contribution in [3.8, 4) is 11.5 Å². The van der Waals surface area contributed by atoms with Crippen LogP contribution in [-0.2, 0) is 10.2 Å². The van der Waals surface area contributed by atoms with Crippen molar-refractivity contribution in [3.05, 3.63) is 23.8 Å². The average Bonchev–Trinajstić information content (AvgIpc) is 2.86. The number of methoxy groups -OCH3 is 2. The third kappa shape index (κ3) is 4.23. The molecule has 25 heavy (non-hydrogen) atoms. The average molecular weight is 371 g/mol. The molecule has 1 heterocycles. The highest BCUT2D eigenvalue weighted by Crippen LogP contribution is 2.28. The highest BCUT2D eigenvalue weighted by Gasteiger charge is 2.28. The highest BCUT2D eigenvalue weighted by molar-refractivity contribution is 7.86. The molecular weight excluding hydrogens is 346 g/mol. The minimum absolute atomic E-state index is 0.148. The molecule has 9 heteroatoms. The molecule has 1 aliphatic heterocycles. The molecule has 0 atom stereocenters. The first-order valence-corrected chi connectivity index (χ1v) is 9.40. The van der Waals surface area contributed by atoms with E-state index < -0.39 is 10.2 Å². The normalized spacial score (nSPS) is 16.6. The molecule has 0 radical (unpaired) electrons. The summed E-state index contributed by atoms with van der Waals surface area (Å²) in [5.41, 5.74) is 0.488. The van der Waals surface area contributed by atoms with Gasteiger partial charge in [-0.3, -0.25) is 4.79 Å². The van der Waals surface area contributed by atoms with E-state index in [9.17, 15) is 13.2 Å². The standard InChI is InChI=1S/C16H25N3O5S/c1-17(2)25(21,22)19-9-5-8-18(10-11-19)16(20)13-6-7-14(23-3)15(12-13)24-4/h6-7,12H,5,8-11H2,1-4H3. The van der Waals surface area contributed by atoms with E-state index in [0.29, 0.717) is 43.1 Å². The Bertz CT molecular complexity index is 720. The lowest BCUT2D eigenvalue weighted by Crippen LogP contribution is -2.42. The van der Waals surface area contributed by atoms with Gasteiger partial charge >= 0.3 is 0 Å². The maximum absolute atomic E-state index is 12.8. The van der Waals surface area contributed by atoms with Gasteiger partial charge in [0, 0.05) is 45.8 Å². The number of nitrogens with zero attached hydrogens (tertiary/aromatic N) is 3. The molecule has 0 bridgehead atoms. The van der Waals surface area contributed by atoms with Gasteiger partial charge in [-0.05, 0) is 24.6 Å². The van der Waals surface area contributed by atoms with E-state index in [2.05, 4.69) is 0 Å². The molecule has 1 aromatic rings. The van der Waals surface area contributed by atoms with Crippen molar-refractivity contribution in [1.82, 2.24) is 13.5 Å². The molecule has 2 rings (SSSR count). The van der Waals surface area contributed by atoms with Crippen LogP contribution >= 0.6 is 0 Å². The molecule has 1 aliphatic rings. The van der Waals surface area contributed by atoms with Gasteiger partial charge in [0.05, 0.1) is 14.2 Å². The van der Waals surface area contributed by atoms with Crippen LogP contribution in [0.3, 0.4) is 0 Å². The van der Waals surface area contributed by atoms with Gasteiger partial charge in [-0.25, -0.2) is 0 Å². The number of ether oxygens (including phenoxy) is 2. The summed E-state index contributed by atoms with van der Waals surface area (Å²) in [5.74, 6) is 0.892. The van der Waals surface area contributed by atoms with Gasteiger partial charge in [-0.15, -0.1) is 0 Å². The molecule has 1 aromatic carbocycles. The summed E-state index contributed by atoms with van der Waals surface area (Å²) in [6, 6.07) is 5.01. The van der Waals surface area contributed by atoms with E-state index in [-0.39, 0.29) is 12.5 Å². The fraction of sp³-hybridized carbons (Fsp3) is 0.562. The number of hydrogen-bond acceptors (Lipinski definition) is 5. The van der Waals surface area contributed by atoms with Crippen LogP contribution in [0.4, 0.5) is 0 Å². The number of carbonyl (C=O) groups excluding carboxylic acids is 1. The molecule has 0 unspecified atom stereocenters. The second-order valence-electron chi connectivity index (χ2n) is 5.90. The summed E-state index contributed by atoms with van der Waals surface area (Å²) in [6.07, 6.45) is 0.589. The molecule has 0 N–H and O–H groups in total. The van der Waals surface area contributed by atoms with Gasteiger partial charge in [0.15, 0.2) is 11.5 Å². The lowest BCUT2D eigenvalue weighted by molar-refractivity contribution is 0.0763. The topological polar surface area (TPSA) is 79.4 Å². The Hall–Kier alpha value is -1.84. The predicted octanol–water partition coefficient (Wildman–Crippen LogP) is 0.658. The monoisotopic (exact) mass is 371 g/mol. The number of benzene rings is 1. The number of amides is 1. The zero-order chi connectivity index (χ0) is 18.6. The van der Waals surface area contributed by atoms with Crippen LogP contribution in [-0.4, -0.2) is 82.3 Å². The van der Waals surface area contributed by atoms with E-state index in [1.165, 1.54) is 36.9 Å². The second-order valence-corrected chi connectivity index (χ2v) is 8.05. The largest absolute Gasteiger partial charge is 0.493 e. The van der Waals surface area contributed by atoms with Gasteiger partial charge in [0.1, 0.15) is 0 Å². The van der Waals surface area contributed by atoms with Crippen LogP contribution in [0.15, 0.2) is 18.2 Å². The molecule has 0 aliphatic carbocycles. The van der Waals surface area contributed by atoms with Crippen LogP contribution in [0.5, 0.6) is 11.5 Å². The highest BCUT2D eigenvalue weighted by atomic mass is 32.2. The van der Waals surface area contributed by atoms with Gasteiger partial charge in [0.2, 0.25) is 0 Å². The Kier molecular flexibility index (Phi) is 6.26. The van der Waals surface area contributed by atoms with Gasteiger partial charge < -0.3 is 14.4 Å². The van der Waals surface area contributed by atoms with Crippen molar-refractivity contribution in [1.29, 1.82) is 0 Å². The lowest BCUT2D eigenvalue weighted by atomic mass is 10.1. The van der Waals surface area contributed by atoms with E-state index in [4.69, 9.17) is 9.47 Å². The van der Waals surface area contributed by atoms with Crippen molar-refractivity contribution in [2.45, 2.75) is 6.42 Å². The second kappa shape index (κ2) is 8.03. The Labute approximate surface area is 149 Å². The number of carbonyl (C=O) groups is 1. The summed E-state index contributed by atoms with van der Waals surface area (Å²) in [5, 5.41) is 0. The third-order valence-corrected chi connectivity index (χ3v) is 6.10. The minimum Gasteiger partial charge on any atom is -0.493 e.